The maximum atomic E-state index is 13.6. The second-order valence-corrected chi connectivity index (χ2v) is 9.15. The number of hydrogen-bond donors (Lipinski definition) is 1. The van der Waals surface area contributed by atoms with Gasteiger partial charge in [-0.2, -0.15) is 15.4 Å². The first-order valence-corrected chi connectivity index (χ1v) is 11.1. The van der Waals surface area contributed by atoms with E-state index in [0.29, 0.717) is 11.3 Å². The average molecular weight is 454 g/mol. The standard InChI is InChI=1S/C24H25ClFN5O/c1-16(19-4-6-22-23(12-19)28-29-27-22)31-14-24(15-31)7-9-30(10-8-24)17(2)32-13-18-3-5-20(25)21(26)11-18/h3-6,11-12H,1-2,7-10,13-15H2,(H,27,28,29). The topological polar surface area (TPSA) is 57.3 Å². The largest absolute Gasteiger partial charge is 0.475 e. The van der Waals surface area contributed by atoms with Gasteiger partial charge in [-0.1, -0.05) is 30.3 Å². The Kier molecular flexibility index (Phi) is 5.29. The van der Waals surface area contributed by atoms with E-state index >= 15 is 0 Å². The van der Waals surface area contributed by atoms with Crippen molar-refractivity contribution in [3.8, 4) is 0 Å². The van der Waals surface area contributed by atoms with Crippen LogP contribution in [0.4, 0.5) is 4.39 Å². The number of aromatic amines is 1. The maximum Gasteiger partial charge on any atom is 0.182 e. The van der Waals surface area contributed by atoms with Crippen molar-refractivity contribution in [2.45, 2.75) is 19.4 Å². The number of nitrogens with one attached hydrogen (secondary N) is 1. The van der Waals surface area contributed by atoms with Crippen LogP contribution in [0, 0.1) is 11.2 Å². The highest BCUT2D eigenvalue weighted by Gasteiger charge is 2.45. The molecular weight excluding hydrogens is 429 g/mol. The number of aromatic nitrogens is 3. The number of hydrogen-bond acceptors (Lipinski definition) is 5. The third-order valence-electron chi connectivity index (χ3n) is 6.65. The molecule has 0 bridgehead atoms. The summed E-state index contributed by atoms with van der Waals surface area (Å²) in [5.41, 5.74) is 4.88. The molecule has 3 aromatic rings. The van der Waals surface area contributed by atoms with Gasteiger partial charge in [0.05, 0.1) is 5.02 Å². The predicted molar refractivity (Wildman–Crippen MR) is 123 cm³/mol. The zero-order chi connectivity index (χ0) is 22.3. The Morgan fingerprint density at radius 3 is 2.56 bits per heavy atom. The van der Waals surface area contributed by atoms with Crippen LogP contribution >= 0.6 is 11.6 Å². The number of H-pyrrole nitrogens is 1. The highest BCUT2D eigenvalue weighted by atomic mass is 35.5. The predicted octanol–water partition coefficient (Wildman–Crippen LogP) is 4.81. The quantitative estimate of drug-likeness (QED) is 0.543. The summed E-state index contributed by atoms with van der Waals surface area (Å²) in [4.78, 5) is 4.52. The van der Waals surface area contributed by atoms with Crippen molar-refractivity contribution in [3.05, 3.63) is 77.4 Å². The lowest BCUT2D eigenvalue weighted by Gasteiger charge is -2.55. The molecule has 2 aliphatic heterocycles. The Hall–Kier alpha value is -3.06. The summed E-state index contributed by atoms with van der Waals surface area (Å²) in [5.74, 6) is 0.201. The Bertz CT molecular complexity index is 1180. The zero-order valence-electron chi connectivity index (χ0n) is 17.8. The van der Waals surface area contributed by atoms with Crippen LogP contribution in [0.2, 0.25) is 5.02 Å². The second-order valence-electron chi connectivity index (χ2n) is 8.75. The van der Waals surface area contributed by atoms with Crippen LogP contribution in [0.25, 0.3) is 16.7 Å². The summed E-state index contributed by atoms with van der Waals surface area (Å²) in [7, 11) is 0. The minimum Gasteiger partial charge on any atom is -0.475 e. The van der Waals surface area contributed by atoms with Crippen molar-refractivity contribution < 1.29 is 9.13 Å². The maximum absolute atomic E-state index is 13.6. The summed E-state index contributed by atoms with van der Waals surface area (Å²) in [6.45, 7) is 12.5. The monoisotopic (exact) mass is 453 g/mol. The van der Waals surface area contributed by atoms with Crippen LogP contribution in [-0.2, 0) is 11.3 Å². The molecule has 1 spiro atoms. The number of piperidine rings is 1. The van der Waals surface area contributed by atoms with Gasteiger partial charge >= 0.3 is 0 Å². The van der Waals surface area contributed by atoms with E-state index in [1.165, 1.54) is 6.07 Å². The van der Waals surface area contributed by atoms with Crippen LogP contribution in [0.1, 0.15) is 24.0 Å². The molecule has 2 fully saturated rings. The summed E-state index contributed by atoms with van der Waals surface area (Å²) < 4.78 is 19.4. The number of ether oxygens (including phenoxy) is 1. The molecule has 32 heavy (non-hydrogen) atoms. The molecule has 5 rings (SSSR count). The molecule has 3 heterocycles. The van der Waals surface area contributed by atoms with Gasteiger partial charge in [-0.15, -0.1) is 0 Å². The molecule has 0 amide bonds. The molecule has 0 radical (unpaired) electrons. The van der Waals surface area contributed by atoms with Crippen molar-refractivity contribution in [2.75, 3.05) is 26.2 Å². The molecule has 6 nitrogen and oxygen atoms in total. The minimum absolute atomic E-state index is 0.116. The SMILES string of the molecule is C=C(OCc1ccc(Cl)c(F)c1)N1CCC2(CC1)CN(C(=C)c1ccc3n[nH]nc3c1)C2. The van der Waals surface area contributed by atoms with E-state index in [1.54, 1.807) is 12.1 Å². The number of rotatable bonds is 6. The van der Waals surface area contributed by atoms with Crippen molar-refractivity contribution in [2.24, 2.45) is 5.41 Å². The molecule has 166 valence electrons. The highest BCUT2D eigenvalue weighted by Crippen LogP contribution is 2.44. The van der Waals surface area contributed by atoms with Gasteiger partial charge in [0.15, 0.2) is 5.88 Å². The van der Waals surface area contributed by atoms with Crippen LogP contribution in [0.15, 0.2) is 55.4 Å². The Balaban J connectivity index is 1.11. The number of halogens is 2. The van der Waals surface area contributed by atoms with E-state index in [9.17, 15) is 4.39 Å². The molecule has 0 unspecified atom stereocenters. The number of nitrogens with zero attached hydrogens (tertiary/aromatic N) is 4. The molecule has 2 aromatic carbocycles. The van der Waals surface area contributed by atoms with E-state index in [1.807, 2.05) is 12.1 Å². The smallest absolute Gasteiger partial charge is 0.182 e. The average Bonchev–Trinajstić information content (AvgIpc) is 3.25. The van der Waals surface area contributed by atoms with Gasteiger partial charge in [0, 0.05) is 37.3 Å². The van der Waals surface area contributed by atoms with E-state index in [0.717, 1.165) is 66.9 Å². The lowest BCUT2D eigenvalue weighted by molar-refractivity contribution is -0.0225. The van der Waals surface area contributed by atoms with Gasteiger partial charge in [-0.3, -0.25) is 0 Å². The van der Waals surface area contributed by atoms with Crippen LogP contribution in [-0.4, -0.2) is 51.4 Å². The normalized spacial score (nSPS) is 17.4. The summed E-state index contributed by atoms with van der Waals surface area (Å²) in [5, 5.41) is 11.0. The van der Waals surface area contributed by atoms with Gasteiger partial charge in [-0.05, 0) is 54.8 Å². The Labute approximate surface area is 191 Å². The fourth-order valence-corrected chi connectivity index (χ4v) is 4.71. The number of benzene rings is 2. The van der Waals surface area contributed by atoms with Gasteiger partial charge in [0.1, 0.15) is 23.5 Å². The van der Waals surface area contributed by atoms with E-state index in [-0.39, 0.29) is 11.6 Å². The van der Waals surface area contributed by atoms with E-state index in [4.69, 9.17) is 16.3 Å². The Morgan fingerprint density at radius 2 is 1.81 bits per heavy atom. The molecular formula is C24H25ClFN5O. The molecule has 1 aromatic heterocycles. The Morgan fingerprint density at radius 1 is 1.06 bits per heavy atom. The highest BCUT2D eigenvalue weighted by molar-refractivity contribution is 6.30. The fraction of sp³-hybridized carbons (Fsp3) is 0.333. The van der Waals surface area contributed by atoms with Crippen LogP contribution in [0.3, 0.4) is 0 Å². The second kappa shape index (κ2) is 8.13. The first-order valence-electron chi connectivity index (χ1n) is 10.7. The van der Waals surface area contributed by atoms with Gasteiger partial charge in [-0.25, -0.2) is 4.39 Å². The van der Waals surface area contributed by atoms with E-state index < -0.39 is 5.82 Å². The molecule has 0 aliphatic carbocycles. The third-order valence-corrected chi connectivity index (χ3v) is 6.96. The van der Waals surface area contributed by atoms with Crippen molar-refractivity contribution >= 4 is 28.3 Å². The molecule has 8 heteroatoms. The molecule has 1 N–H and O–H groups in total. The first-order chi connectivity index (χ1) is 15.4. The van der Waals surface area contributed by atoms with E-state index in [2.05, 4.69) is 44.4 Å². The summed E-state index contributed by atoms with van der Waals surface area (Å²) >= 11 is 5.74. The van der Waals surface area contributed by atoms with Crippen molar-refractivity contribution in [1.82, 2.24) is 25.2 Å². The lowest BCUT2D eigenvalue weighted by Crippen LogP contribution is -2.59. The molecule has 0 saturated carbocycles. The molecule has 0 atom stereocenters. The van der Waals surface area contributed by atoms with Gasteiger partial charge in [0.25, 0.3) is 0 Å². The lowest BCUT2D eigenvalue weighted by atomic mass is 9.71. The zero-order valence-corrected chi connectivity index (χ0v) is 18.5. The first kappa shape index (κ1) is 20.8. The van der Waals surface area contributed by atoms with Crippen molar-refractivity contribution in [1.29, 1.82) is 0 Å². The third kappa shape index (κ3) is 3.93. The van der Waals surface area contributed by atoms with Crippen molar-refractivity contribution in [3.63, 3.8) is 0 Å². The number of fused-ring (bicyclic) bond motifs is 1. The molecule has 2 aliphatic rings. The minimum atomic E-state index is -0.435. The molecule has 2 saturated heterocycles. The van der Waals surface area contributed by atoms with Crippen LogP contribution in [0.5, 0.6) is 0 Å². The summed E-state index contributed by atoms with van der Waals surface area (Å²) in [6.07, 6.45) is 2.16. The number of likely N-dealkylation sites (tertiary alicyclic amines) is 2. The van der Waals surface area contributed by atoms with Gasteiger partial charge in [0.2, 0.25) is 0 Å². The fourth-order valence-electron chi connectivity index (χ4n) is 4.59. The summed E-state index contributed by atoms with van der Waals surface area (Å²) in [6, 6.07) is 10.8. The van der Waals surface area contributed by atoms with Crippen LogP contribution < -0.4 is 0 Å². The van der Waals surface area contributed by atoms with Gasteiger partial charge < -0.3 is 14.5 Å².